The number of nitrogens with two attached hydrogens (primary N) is 1. The van der Waals surface area contributed by atoms with Gasteiger partial charge < -0.3 is 11.1 Å². The number of hydrogen-bond donors (Lipinski definition) is 2. The molecule has 0 fully saturated rings. The van der Waals surface area contributed by atoms with E-state index in [1.54, 1.807) is 23.7 Å². The third-order valence-electron chi connectivity index (χ3n) is 1.76. The van der Waals surface area contributed by atoms with E-state index in [-0.39, 0.29) is 0 Å². The van der Waals surface area contributed by atoms with Crippen molar-refractivity contribution in [3.05, 3.63) is 28.5 Å². The number of anilines is 2. The van der Waals surface area contributed by atoms with E-state index in [0.29, 0.717) is 18.2 Å². The number of rotatable bonds is 3. The van der Waals surface area contributed by atoms with Gasteiger partial charge in [-0.25, -0.2) is 15.0 Å². The Morgan fingerprint density at radius 3 is 2.60 bits per heavy atom. The molecule has 0 saturated heterocycles. The van der Waals surface area contributed by atoms with E-state index in [9.17, 15) is 0 Å². The Bertz CT molecular complexity index is 436. The molecular weight excluding hydrogens is 210 g/mol. The zero-order valence-electron chi connectivity index (χ0n) is 8.27. The quantitative estimate of drug-likeness (QED) is 0.820. The van der Waals surface area contributed by atoms with E-state index in [0.717, 1.165) is 9.88 Å². The predicted octanol–water partition coefficient (Wildman–Crippen LogP) is 1.44. The van der Waals surface area contributed by atoms with Gasteiger partial charge in [0.1, 0.15) is 0 Å². The molecular formula is C9H11N5S. The number of nitrogen functional groups attached to an aromatic ring is 1. The van der Waals surface area contributed by atoms with E-state index < -0.39 is 0 Å². The molecule has 2 aromatic rings. The number of nitrogens with zero attached hydrogens (tertiary/aromatic N) is 3. The minimum Gasteiger partial charge on any atom is -0.396 e. The van der Waals surface area contributed by atoms with Crippen molar-refractivity contribution < 1.29 is 0 Å². The second-order valence-corrected chi connectivity index (χ2v) is 4.36. The molecule has 2 rings (SSSR count). The standard InChI is InChI=1S/C9H11N5S/c1-6-11-4-8(15-6)5-14-9-12-2-7(10)3-13-9/h2-4H,5,10H2,1H3,(H,12,13,14). The summed E-state index contributed by atoms with van der Waals surface area (Å²) >= 11 is 1.66. The van der Waals surface area contributed by atoms with Crippen LogP contribution in [0.3, 0.4) is 0 Å². The van der Waals surface area contributed by atoms with Crippen molar-refractivity contribution in [2.45, 2.75) is 13.5 Å². The van der Waals surface area contributed by atoms with Gasteiger partial charge in [-0.1, -0.05) is 0 Å². The van der Waals surface area contributed by atoms with Crippen molar-refractivity contribution in [2.75, 3.05) is 11.1 Å². The summed E-state index contributed by atoms with van der Waals surface area (Å²) in [6.07, 6.45) is 5.00. The molecule has 0 atom stereocenters. The maximum Gasteiger partial charge on any atom is 0.223 e. The van der Waals surface area contributed by atoms with E-state index >= 15 is 0 Å². The highest BCUT2D eigenvalue weighted by molar-refractivity contribution is 7.11. The van der Waals surface area contributed by atoms with Gasteiger partial charge in [0.15, 0.2) is 0 Å². The molecule has 0 amide bonds. The van der Waals surface area contributed by atoms with Gasteiger partial charge in [0.05, 0.1) is 29.6 Å². The fourth-order valence-electron chi connectivity index (χ4n) is 1.08. The smallest absolute Gasteiger partial charge is 0.223 e. The number of aryl methyl sites for hydroxylation is 1. The number of nitrogens with one attached hydrogen (secondary N) is 1. The predicted molar refractivity (Wildman–Crippen MR) is 60.6 cm³/mol. The topological polar surface area (TPSA) is 76.7 Å². The summed E-state index contributed by atoms with van der Waals surface area (Å²) in [5, 5.41) is 4.15. The van der Waals surface area contributed by atoms with Gasteiger partial charge in [-0.05, 0) is 6.92 Å². The first-order valence-electron chi connectivity index (χ1n) is 4.47. The van der Waals surface area contributed by atoms with Crippen LogP contribution in [0.5, 0.6) is 0 Å². The summed E-state index contributed by atoms with van der Waals surface area (Å²) in [4.78, 5) is 13.4. The van der Waals surface area contributed by atoms with Crippen LogP contribution in [0.1, 0.15) is 9.88 Å². The van der Waals surface area contributed by atoms with Crippen molar-refractivity contribution in [1.29, 1.82) is 0 Å². The van der Waals surface area contributed by atoms with Gasteiger partial charge >= 0.3 is 0 Å². The molecule has 0 radical (unpaired) electrons. The molecule has 15 heavy (non-hydrogen) atoms. The first kappa shape index (κ1) is 9.85. The largest absolute Gasteiger partial charge is 0.396 e. The lowest BCUT2D eigenvalue weighted by Gasteiger charge is -2.01. The van der Waals surface area contributed by atoms with E-state index in [1.165, 1.54) is 0 Å². The highest BCUT2D eigenvalue weighted by Crippen LogP contribution is 2.12. The highest BCUT2D eigenvalue weighted by Gasteiger charge is 1.99. The Labute approximate surface area is 91.4 Å². The van der Waals surface area contributed by atoms with E-state index in [2.05, 4.69) is 20.3 Å². The fraction of sp³-hybridized carbons (Fsp3) is 0.222. The summed E-state index contributed by atoms with van der Waals surface area (Å²) in [5.74, 6) is 0.579. The second kappa shape index (κ2) is 4.22. The van der Waals surface area contributed by atoms with Gasteiger partial charge in [-0.2, -0.15) is 0 Å². The summed E-state index contributed by atoms with van der Waals surface area (Å²) in [6, 6.07) is 0. The molecule has 0 spiro atoms. The van der Waals surface area contributed by atoms with Crippen LogP contribution >= 0.6 is 11.3 Å². The zero-order valence-corrected chi connectivity index (χ0v) is 9.08. The van der Waals surface area contributed by atoms with Gasteiger partial charge in [0.25, 0.3) is 0 Å². The second-order valence-electron chi connectivity index (χ2n) is 3.04. The maximum atomic E-state index is 5.48. The maximum absolute atomic E-state index is 5.48. The normalized spacial score (nSPS) is 10.2. The lowest BCUT2D eigenvalue weighted by atomic mass is 10.5. The molecule has 78 valence electrons. The Morgan fingerprint density at radius 1 is 1.27 bits per heavy atom. The van der Waals surface area contributed by atoms with Crippen molar-refractivity contribution >= 4 is 23.0 Å². The van der Waals surface area contributed by atoms with Crippen LogP contribution in [0.15, 0.2) is 18.6 Å². The molecule has 5 nitrogen and oxygen atoms in total. The molecule has 0 aliphatic carbocycles. The fourth-order valence-corrected chi connectivity index (χ4v) is 1.82. The lowest BCUT2D eigenvalue weighted by molar-refractivity contribution is 1.07. The van der Waals surface area contributed by atoms with Crippen molar-refractivity contribution in [3.8, 4) is 0 Å². The monoisotopic (exact) mass is 221 g/mol. The van der Waals surface area contributed by atoms with Crippen LogP contribution in [-0.2, 0) is 6.54 Å². The zero-order chi connectivity index (χ0) is 10.7. The molecule has 0 bridgehead atoms. The lowest BCUT2D eigenvalue weighted by Crippen LogP contribution is -2.02. The van der Waals surface area contributed by atoms with Crippen LogP contribution in [0, 0.1) is 6.92 Å². The third-order valence-corrected chi connectivity index (χ3v) is 2.67. The van der Waals surface area contributed by atoms with Crippen LogP contribution in [0.25, 0.3) is 0 Å². The minimum atomic E-state index is 0.564. The molecule has 0 aliphatic rings. The van der Waals surface area contributed by atoms with Crippen LogP contribution in [0.2, 0.25) is 0 Å². The highest BCUT2D eigenvalue weighted by atomic mass is 32.1. The first-order chi connectivity index (χ1) is 7.24. The van der Waals surface area contributed by atoms with Crippen molar-refractivity contribution in [1.82, 2.24) is 15.0 Å². The van der Waals surface area contributed by atoms with Gasteiger partial charge in [0.2, 0.25) is 5.95 Å². The molecule has 0 unspecified atom stereocenters. The molecule has 2 aromatic heterocycles. The first-order valence-corrected chi connectivity index (χ1v) is 5.28. The summed E-state index contributed by atoms with van der Waals surface area (Å²) in [5.41, 5.74) is 6.04. The summed E-state index contributed by atoms with van der Waals surface area (Å²) in [6.45, 7) is 2.67. The minimum absolute atomic E-state index is 0.564. The number of hydrogen-bond acceptors (Lipinski definition) is 6. The molecule has 0 saturated carbocycles. The Hall–Kier alpha value is -1.69. The molecule has 3 N–H and O–H groups in total. The summed E-state index contributed by atoms with van der Waals surface area (Å²) < 4.78 is 0. The van der Waals surface area contributed by atoms with Crippen molar-refractivity contribution in [2.24, 2.45) is 0 Å². The Morgan fingerprint density at radius 2 is 2.00 bits per heavy atom. The number of thiazole rings is 1. The average Bonchev–Trinajstić information content (AvgIpc) is 2.64. The van der Waals surface area contributed by atoms with E-state index in [4.69, 9.17) is 5.73 Å². The molecule has 2 heterocycles. The van der Waals surface area contributed by atoms with Crippen LogP contribution < -0.4 is 11.1 Å². The SMILES string of the molecule is Cc1ncc(CNc2ncc(N)cn2)s1. The average molecular weight is 221 g/mol. The van der Waals surface area contributed by atoms with E-state index in [1.807, 2.05) is 13.1 Å². The van der Waals surface area contributed by atoms with Gasteiger partial charge in [-0.15, -0.1) is 11.3 Å². The van der Waals surface area contributed by atoms with Crippen molar-refractivity contribution in [3.63, 3.8) is 0 Å². The number of aromatic nitrogens is 3. The third kappa shape index (κ3) is 2.63. The molecule has 0 aromatic carbocycles. The summed E-state index contributed by atoms with van der Waals surface area (Å²) in [7, 11) is 0. The van der Waals surface area contributed by atoms with Crippen LogP contribution in [-0.4, -0.2) is 15.0 Å². The van der Waals surface area contributed by atoms with Gasteiger partial charge in [-0.3, -0.25) is 0 Å². The van der Waals surface area contributed by atoms with Crippen LogP contribution in [0.4, 0.5) is 11.6 Å². The Balaban J connectivity index is 1.96. The van der Waals surface area contributed by atoms with Gasteiger partial charge in [0, 0.05) is 11.1 Å². The Kier molecular flexibility index (Phi) is 2.77. The molecule has 6 heteroatoms. The molecule has 0 aliphatic heterocycles.